The summed E-state index contributed by atoms with van der Waals surface area (Å²) in [4.78, 5) is 35.6. The molecule has 0 radical (unpaired) electrons. The zero-order valence-corrected chi connectivity index (χ0v) is 22.4. The number of imidazole rings is 1. The number of anilines is 1. The summed E-state index contributed by atoms with van der Waals surface area (Å²) in [6.45, 7) is 4.75. The van der Waals surface area contributed by atoms with Crippen molar-refractivity contribution in [1.29, 1.82) is 0 Å². The van der Waals surface area contributed by atoms with Crippen molar-refractivity contribution >= 4 is 48.3 Å². The standard InChI is InChI=1S/C21H29N6O8PS/c1-4-32-18-14-17(25-20(22)26-18)27(10-24-14)19-11(2)13-15(34-19)16(13)35-36(30)33-8-9-37-12(28)6-5-7-23-21(29)31-3/h10-11,13,15-16,19H,4-9H2,1-3H3,(H2-,22,23,25,26,29)/p+1/t11-,13?,15-,16?,19?/m0/s1. The maximum absolute atomic E-state index is 12.2. The van der Waals surface area contributed by atoms with Gasteiger partial charge in [0.1, 0.15) is 18.9 Å². The Morgan fingerprint density at radius 2 is 2.16 bits per heavy atom. The molecule has 1 saturated carbocycles. The quantitative estimate of drug-likeness (QED) is 0.271. The Labute approximate surface area is 218 Å². The third-order valence-electron chi connectivity index (χ3n) is 6.02. The zero-order chi connectivity index (χ0) is 26.5. The highest BCUT2D eigenvalue weighted by Crippen LogP contribution is 2.57. The normalized spacial score (nSPS) is 24.5. The average molecular weight is 558 g/mol. The molecule has 16 heteroatoms. The van der Waals surface area contributed by atoms with E-state index in [-0.39, 0.29) is 47.9 Å². The van der Waals surface area contributed by atoms with Gasteiger partial charge in [-0.15, -0.1) is 9.05 Å². The first-order valence-corrected chi connectivity index (χ1v) is 13.9. The van der Waals surface area contributed by atoms with Crippen molar-refractivity contribution in [2.24, 2.45) is 11.8 Å². The third kappa shape index (κ3) is 6.47. The zero-order valence-electron chi connectivity index (χ0n) is 20.7. The second-order valence-corrected chi connectivity index (χ2v) is 10.5. The lowest BCUT2D eigenvalue weighted by Crippen LogP contribution is -2.24. The molecular weight excluding hydrogens is 527 g/mol. The van der Waals surface area contributed by atoms with Crippen molar-refractivity contribution in [2.75, 3.05) is 38.4 Å². The van der Waals surface area contributed by atoms with E-state index in [1.807, 2.05) is 13.8 Å². The minimum atomic E-state index is -2.34. The number of hydrogen-bond acceptors (Lipinski definition) is 13. The molecule has 2 aromatic heterocycles. The number of ether oxygens (including phenoxy) is 3. The van der Waals surface area contributed by atoms with Crippen LogP contribution < -0.4 is 15.8 Å². The molecular formula is C21H30N6O8PS+. The van der Waals surface area contributed by atoms with Crippen molar-refractivity contribution in [3.63, 3.8) is 0 Å². The highest BCUT2D eigenvalue weighted by atomic mass is 32.2. The summed E-state index contributed by atoms with van der Waals surface area (Å²) in [5, 5.41) is 2.47. The monoisotopic (exact) mass is 557 g/mol. The number of carbonyl (C=O) groups excluding carboxylic acids is 2. The van der Waals surface area contributed by atoms with E-state index < -0.39 is 14.3 Å². The Balaban J connectivity index is 1.18. The van der Waals surface area contributed by atoms with Crippen LogP contribution in [0.3, 0.4) is 0 Å². The Morgan fingerprint density at radius 1 is 1.35 bits per heavy atom. The Hall–Kier alpha value is -2.58. The van der Waals surface area contributed by atoms with Gasteiger partial charge in [0.25, 0.3) is 0 Å². The maximum atomic E-state index is 12.2. The summed E-state index contributed by atoms with van der Waals surface area (Å²) in [6, 6.07) is 0. The van der Waals surface area contributed by atoms with Crippen molar-refractivity contribution in [2.45, 2.75) is 45.1 Å². The van der Waals surface area contributed by atoms with Gasteiger partial charge in [-0.25, -0.2) is 9.78 Å². The molecule has 1 amide bonds. The molecule has 3 heterocycles. The lowest BCUT2D eigenvalue weighted by molar-refractivity contribution is -0.111. The molecule has 2 fully saturated rings. The molecule has 2 aromatic rings. The summed E-state index contributed by atoms with van der Waals surface area (Å²) < 4.78 is 41.0. The summed E-state index contributed by atoms with van der Waals surface area (Å²) in [5.41, 5.74) is 6.88. The number of nitrogens with zero attached hydrogens (tertiary/aromatic N) is 4. The molecule has 1 aliphatic heterocycles. The Bertz CT molecular complexity index is 1150. The van der Waals surface area contributed by atoms with Gasteiger partial charge in [-0.1, -0.05) is 18.7 Å². The number of alkyl carbamates (subject to hydrolysis) is 1. The third-order valence-corrected chi connectivity index (χ3v) is 7.73. The lowest BCUT2D eigenvalue weighted by Gasteiger charge is -2.21. The molecule has 3 N–H and O–H groups in total. The molecule has 4 rings (SSSR count). The van der Waals surface area contributed by atoms with E-state index in [1.54, 1.807) is 10.9 Å². The van der Waals surface area contributed by atoms with Gasteiger partial charge >= 0.3 is 14.3 Å². The van der Waals surface area contributed by atoms with Crippen LogP contribution in [-0.4, -0.2) is 75.6 Å². The van der Waals surface area contributed by atoms with Gasteiger partial charge in [-0.05, 0) is 13.3 Å². The topological polar surface area (TPSA) is 179 Å². The lowest BCUT2D eigenvalue weighted by atomic mass is 10.1. The number of carbonyl (C=O) groups is 2. The van der Waals surface area contributed by atoms with Crippen LogP contribution in [0.25, 0.3) is 11.2 Å². The van der Waals surface area contributed by atoms with Gasteiger partial charge in [0.15, 0.2) is 16.3 Å². The number of methoxy groups -OCH3 is 1. The fourth-order valence-corrected chi connectivity index (χ4v) is 5.83. The molecule has 1 saturated heterocycles. The minimum Gasteiger partial charge on any atom is -0.476 e. The molecule has 2 aliphatic rings. The minimum absolute atomic E-state index is 0.0318. The van der Waals surface area contributed by atoms with Gasteiger partial charge in [0, 0.05) is 35.1 Å². The van der Waals surface area contributed by atoms with E-state index in [4.69, 9.17) is 24.3 Å². The number of hydrogen-bond donors (Lipinski definition) is 2. The number of amides is 1. The molecule has 6 atom stereocenters. The average Bonchev–Trinajstić information content (AvgIpc) is 3.17. The van der Waals surface area contributed by atoms with Crippen molar-refractivity contribution in [3.8, 4) is 5.88 Å². The highest BCUT2D eigenvalue weighted by Gasteiger charge is 2.67. The largest absolute Gasteiger partial charge is 0.697 e. The SMILES string of the molecule is CCOc1nc(N)nc2c1ncn2C1O[C@@H]2C(O[P+](=O)OCCSC(=O)CCCNC(=O)OC)C2[C@@H]1C. The first-order valence-electron chi connectivity index (χ1n) is 11.9. The molecule has 0 aromatic carbocycles. The Morgan fingerprint density at radius 3 is 2.86 bits per heavy atom. The Kier molecular flexibility index (Phi) is 9.13. The summed E-state index contributed by atoms with van der Waals surface area (Å²) >= 11 is 1.09. The first kappa shape index (κ1) is 27.5. The fraction of sp³-hybridized carbons (Fsp3) is 0.667. The number of nitrogens with one attached hydrogen (secondary N) is 1. The molecule has 37 heavy (non-hydrogen) atoms. The number of rotatable bonds is 13. The number of thioether (sulfide) groups is 1. The number of fused-ring (bicyclic) bond motifs is 2. The van der Waals surface area contributed by atoms with E-state index >= 15 is 0 Å². The van der Waals surface area contributed by atoms with Gasteiger partial charge < -0.3 is 25.3 Å². The van der Waals surface area contributed by atoms with Gasteiger partial charge in [-0.3, -0.25) is 9.36 Å². The van der Waals surface area contributed by atoms with E-state index in [0.29, 0.717) is 48.8 Å². The van der Waals surface area contributed by atoms with Crippen LogP contribution >= 0.6 is 20.0 Å². The van der Waals surface area contributed by atoms with Crippen LogP contribution in [0.4, 0.5) is 10.7 Å². The molecule has 4 unspecified atom stereocenters. The molecule has 0 bridgehead atoms. The van der Waals surface area contributed by atoms with E-state index in [9.17, 15) is 14.2 Å². The van der Waals surface area contributed by atoms with Gasteiger partial charge in [0.2, 0.25) is 11.8 Å². The van der Waals surface area contributed by atoms with Crippen molar-refractivity contribution in [1.82, 2.24) is 24.8 Å². The second-order valence-electron chi connectivity index (χ2n) is 8.44. The first-order chi connectivity index (χ1) is 17.8. The molecule has 14 nitrogen and oxygen atoms in total. The van der Waals surface area contributed by atoms with Crippen molar-refractivity contribution in [3.05, 3.63) is 6.33 Å². The maximum Gasteiger partial charge on any atom is 0.697 e. The van der Waals surface area contributed by atoms with Crippen LogP contribution in [0.15, 0.2) is 6.33 Å². The highest BCUT2D eigenvalue weighted by molar-refractivity contribution is 8.13. The van der Waals surface area contributed by atoms with E-state index in [1.165, 1.54) is 7.11 Å². The van der Waals surface area contributed by atoms with Crippen LogP contribution in [0.5, 0.6) is 5.88 Å². The second kappa shape index (κ2) is 12.3. The predicted octanol–water partition coefficient (Wildman–Crippen LogP) is 2.43. The van der Waals surface area contributed by atoms with E-state index in [2.05, 4.69) is 25.0 Å². The van der Waals surface area contributed by atoms with Gasteiger partial charge in [-0.2, -0.15) is 9.97 Å². The number of nitrogen functional groups attached to an aromatic ring is 1. The van der Waals surface area contributed by atoms with E-state index in [0.717, 1.165) is 11.8 Å². The van der Waals surface area contributed by atoms with Crippen LogP contribution in [0.1, 0.15) is 32.9 Å². The molecule has 1 aliphatic carbocycles. The number of nitrogens with two attached hydrogens (primary N) is 1. The smallest absolute Gasteiger partial charge is 0.476 e. The predicted molar refractivity (Wildman–Crippen MR) is 133 cm³/mol. The number of aromatic nitrogens is 4. The fourth-order valence-electron chi connectivity index (χ4n) is 4.26. The summed E-state index contributed by atoms with van der Waals surface area (Å²) in [5.74, 6) is 0.835. The summed E-state index contributed by atoms with van der Waals surface area (Å²) in [6.07, 6.45) is 1.01. The van der Waals surface area contributed by atoms with Gasteiger partial charge in [0.05, 0.1) is 26.1 Å². The molecule has 202 valence electrons. The summed E-state index contributed by atoms with van der Waals surface area (Å²) in [7, 11) is -1.07. The van der Waals surface area contributed by atoms with Crippen molar-refractivity contribution < 1.29 is 37.4 Å². The van der Waals surface area contributed by atoms with Crippen LogP contribution in [0, 0.1) is 11.8 Å². The van der Waals surface area contributed by atoms with Crippen LogP contribution in [0.2, 0.25) is 0 Å². The van der Waals surface area contributed by atoms with Crippen LogP contribution in [-0.2, 0) is 27.9 Å². The molecule has 0 spiro atoms.